The number of carbonyl (C=O) groups is 1. The zero-order chi connectivity index (χ0) is 12.5. The Hall–Kier alpha value is -1.13. The van der Waals surface area contributed by atoms with Crippen LogP contribution < -0.4 is 10.6 Å². The van der Waals surface area contributed by atoms with E-state index in [2.05, 4.69) is 10.6 Å². The van der Waals surface area contributed by atoms with Gasteiger partial charge < -0.3 is 10.6 Å². The molecule has 5 heteroatoms. The van der Waals surface area contributed by atoms with Gasteiger partial charge in [-0.2, -0.15) is 0 Å². The van der Waals surface area contributed by atoms with Crippen LogP contribution in [0.4, 0.5) is 4.39 Å². The van der Waals surface area contributed by atoms with Gasteiger partial charge in [0.05, 0.1) is 16.1 Å². The lowest BCUT2D eigenvalue weighted by Crippen LogP contribution is -2.47. The van der Waals surface area contributed by atoms with Crippen molar-refractivity contribution in [2.75, 3.05) is 13.1 Å². The smallest absolute Gasteiger partial charge is 0.253 e. The summed E-state index contributed by atoms with van der Waals surface area (Å²) in [5.74, 6) is -0.707. The molecule has 0 spiro atoms. The van der Waals surface area contributed by atoms with Crippen LogP contribution >= 0.6 is 11.6 Å². The van der Waals surface area contributed by atoms with Crippen LogP contribution in [0.2, 0.25) is 5.02 Å². The quantitative estimate of drug-likeness (QED) is 0.849. The van der Waals surface area contributed by atoms with Crippen molar-refractivity contribution in [3.05, 3.63) is 34.6 Å². The molecule has 3 nitrogen and oxygen atoms in total. The molecule has 0 saturated carbocycles. The number of hydrogen-bond donors (Lipinski definition) is 2. The third kappa shape index (κ3) is 2.76. The normalized spacial score (nSPS) is 23.7. The molecule has 0 radical (unpaired) electrons. The molecular formula is C12H14ClFN2O. The SMILES string of the molecule is CC1(NC(=O)c2ccc(F)cc2Cl)CCNC1. The summed E-state index contributed by atoms with van der Waals surface area (Å²) in [6.07, 6.45) is 0.873. The monoisotopic (exact) mass is 256 g/mol. The molecule has 1 atom stereocenters. The van der Waals surface area contributed by atoms with Gasteiger partial charge in [-0.15, -0.1) is 0 Å². The highest BCUT2D eigenvalue weighted by atomic mass is 35.5. The molecule has 2 rings (SSSR count). The first-order chi connectivity index (χ1) is 8.00. The molecule has 1 saturated heterocycles. The highest BCUT2D eigenvalue weighted by Crippen LogP contribution is 2.19. The first-order valence-corrected chi connectivity index (χ1v) is 5.86. The van der Waals surface area contributed by atoms with Gasteiger partial charge in [-0.1, -0.05) is 11.6 Å². The minimum absolute atomic E-state index is 0.136. The second-order valence-electron chi connectivity index (χ2n) is 4.57. The summed E-state index contributed by atoms with van der Waals surface area (Å²) in [5.41, 5.74) is 0.0515. The predicted molar refractivity (Wildman–Crippen MR) is 64.8 cm³/mol. The molecule has 0 bridgehead atoms. The molecule has 17 heavy (non-hydrogen) atoms. The summed E-state index contributed by atoms with van der Waals surface area (Å²) in [6, 6.07) is 3.78. The maximum Gasteiger partial charge on any atom is 0.253 e. The zero-order valence-electron chi connectivity index (χ0n) is 9.52. The van der Waals surface area contributed by atoms with Crippen LogP contribution in [0, 0.1) is 5.82 Å². The van der Waals surface area contributed by atoms with E-state index in [9.17, 15) is 9.18 Å². The van der Waals surface area contributed by atoms with Gasteiger partial charge in [0.25, 0.3) is 5.91 Å². The van der Waals surface area contributed by atoms with E-state index in [0.717, 1.165) is 25.6 Å². The van der Waals surface area contributed by atoms with E-state index in [1.54, 1.807) is 0 Å². The van der Waals surface area contributed by atoms with E-state index < -0.39 is 5.82 Å². The summed E-state index contributed by atoms with van der Waals surface area (Å²) in [4.78, 5) is 12.0. The fourth-order valence-corrected chi connectivity index (χ4v) is 2.19. The molecule has 1 aromatic carbocycles. The van der Waals surface area contributed by atoms with Crippen LogP contribution in [0.25, 0.3) is 0 Å². The third-order valence-corrected chi connectivity index (χ3v) is 3.27. The Morgan fingerprint density at radius 3 is 2.94 bits per heavy atom. The van der Waals surface area contributed by atoms with Crippen molar-refractivity contribution in [2.45, 2.75) is 18.9 Å². The van der Waals surface area contributed by atoms with Crippen molar-refractivity contribution in [1.82, 2.24) is 10.6 Å². The molecule has 1 heterocycles. The summed E-state index contributed by atoms with van der Waals surface area (Å²) < 4.78 is 12.9. The number of halogens is 2. The Balaban J connectivity index is 2.14. The summed E-state index contributed by atoms with van der Waals surface area (Å²) in [6.45, 7) is 3.59. The second kappa shape index (κ2) is 4.63. The van der Waals surface area contributed by atoms with Crippen molar-refractivity contribution < 1.29 is 9.18 Å². The van der Waals surface area contributed by atoms with Crippen molar-refractivity contribution in [3.63, 3.8) is 0 Å². The van der Waals surface area contributed by atoms with Gasteiger partial charge in [-0.05, 0) is 38.1 Å². The molecule has 1 fully saturated rings. The van der Waals surface area contributed by atoms with Gasteiger partial charge in [0.1, 0.15) is 5.82 Å². The molecule has 1 aromatic rings. The van der Waals surface area contributed by atoms with Crippen LogP contribution in [-0.4, -0.2) is 24.5 Å². The molecular weight excluding hydrogens is 243 g/mol. The summed E-state index contributed by atoms with van der Waals surface area (Å²) >= 11 is 5.84. The van der Waals surface area contributed by atoms with Crippen molar-refractivity contribution >= 4 is 17.5 Å². The van der Waals surface area contributed by atoms with Gasteiger partial charge in [0, 0.05) is 6.54 Å². The Morgan fingerprint density at radius 1 is 1.59 bits per heavy atom. The Kier molecular flexibility index (Phi) is 3.35. The molecule has 1 amide bonds. The number of benzene rings is 1. The molecule has 0 aliphatic carbocycles. The lowest BCUT2D eigenvalue weighted by molar-refractivity contribution is 0.0913. The van der Waals surface area contributed by atoms with Gasteiger partial charge >= 0.3 is 0 Å². The van der Waals surface area contributed by atoms with Gasteiger partial charge in [-0.25, -0.2) is 4.39 Å². The van der Waals surface area contributed by atoms with E-state index in [1.807, 2.05) is 6.92 Å². The van der Waals surface area contributed by atoms with E-state index in [1.165, 1.54) is 12.1 Å². The fourth-order valence-electron chi connectivity index (χ4n) is 1.94. The molecule has 0 aromatic heterocycles. The van der Waals surface area contributed by atoms with E-state index >= 15 is 0 Å². The van der Waals surface area contributed by atoms with Crippen molar-refractivity contribution in [2.24, 2.45) is 0 Å². The fraction of sp³-hybridized carbons (Fsp3) is 0.417. The third-order valence-electron chi connectivity index (χ3n) is 2.96. The lowest BCUT2D eigenvalue weighted by atomic mass is 10.0. The van der Waals surface area contributed by atoms with Gasteiger partial charge in [0.15, 0.2) is 0 Å². The van der Waals surface area contributed by atoms with Gasteiger partial charge in [-0.3, -0.25) is 4.79 Å². The highest BCUT2D eigenvalue weighted by molar-refractivity contribution is 6.33. The predicted octanol–water partition coefficient (Wildman–Crippen LogP) is 1.96. The highest BCUT2D eigenvalue weighted by Gasteiger charge is 2.30. The lowest BCUT2D eigenvalue weighted by Gasteiger charge is -2.24. The van der Waals surface area contributed by atoms with E-state index in [0.29, 0.717) is 5.56 Å². The van der Waals surface area contributed by atoms with Crippen LogP contribution in [0.5, 0.6) is 0 Å². The Morgan fingerprint density at radius 2 is 2.35 bits per heavy atom. The number of nitrogens with one attached hydrogen (secondary N) is 2. The Labute approximate surface area is 104 Å². The van der Waals surface area contributed by atoms with Crippen LogP contribution in [0.15, 0.2) is 18.2 Å². The summed E-state index contributed by atoms with van der Waals surface area (Å²) in [7, 11) is 0. The largest absolute Gasteiger partial charge is 0.346 e. The average Bonchev–Trinajstić information content (AvgIpc) is 2.64. The summed E-state index contributed by atoms with van der Waals surface area (Å²) in [5, 5.41) is 6.25. The molecule has 1 aliphatic rings. The standard InChI is InChI=1S/C12H14ClFN2O/c1-12(4-5-15-7-12)16-11(17)9-3-2-8(14)6-10(9)13/h2-3,6,15H,4-5,7H2,1H3,(H,16,17). The number of amides is 1. The first-order valence-electron chi connectivity index (χ1n) is 5.48. The minimum atomic E-state index is -0.444. The van der Waals surface area contributed by atoms with Crippen molar-refractivity contribution in [3.8, 4) is 0 Å². The van der Waals surface area contributed by atoms with Crippen LogP contribution in [0.1, 0.15) is 23.7 Å². The average molecular weight is 257 g/mol. The molecule has 92 valence electrons. The number of hydrogen-bond acceptors (Lipinski definition) is 2. The minimum Gasteiger partial charge on any atom is -0.346 e. The zero-order valence-corrected chi connectivity index (χ0v) is 10.3. The second-order valence-corrected chi connectivity index (χ2v) is 4.97. The van der Waals surface area contributed by atoms with Gasteiger partial charge in [0.2, 0.25) is 0 Å². The number of carbonyl (C=O) groups excluding carboxylic acids is 1. The maximum absolute atomic E-state index is 12.9. The van der Waals surface area contributed by atoms with Crippen LogP contribution in [-0.2, 0) is 0 Å². The maximum atomic E-state index is 12.9. The van der Waals surface area contributed by atoms with Crippen molar-refractivity contribution in [1.29, 1.82) is 0 Å². The molecule has 1 unspecified atom stereocenters. The number of rotatable bonds is 2. The van der Waals surface area contributed by atoms with Crippen LogP contribution in [0.3, 0.4) is 0 Å². The van der Waals surface area contributed by atoms with E-state index in [-0.39, 0.29) is 16.5 Å². The topological polar surface area (TPSA) is 41.1 Å². The molecule has 2 N–H and O–H groups in total. The molecule has 1 aliphatic heterocycles. The Bertz CT molecular complexity index is 444. The van der Waals surface area contributed by atoms with E-state index in [4.69, 9.17) is 11.6 Å². The first kappa shape index (κ1) is 12.3.